The summed E-state index contributed by atoms with van der Waals surface area (Å²) in [5.41, 5.74) is 0.827. The lowest BCUT2D eigenvalue weighted by Gasteiger charge is -2.16. The monoisotopic (exact) mass is 447 g/mol. The molecule has 1 atom stereocenters. The zero-order valence-corrected chi connectivity index (χ0v) is 18.0. The zero-order valence-electron chi connectivity index (χ0n) is 17.2. The number of aromatic nitrogens is 1. The van der Waals surface area contributed by atoms with E-state index < -0.39 is 16.1 Å². The highest BCUT2D eigenvalue weighted by Crippen LogP contribution is 2.26. The number of sulfonamides is 1. The Morgan fingerprint density at radius 2 is 1.66 bits per heavy atom. The molecule has 0 aliphatic carbocycles. The number of rotatable bonds is 7. The Bertz CT molecular complexity index is 1340. The Morgan fingerprint density at radius 1 is 0.906 bits per heavy atom. The molecule has 1 heterocycles. The molecule has 2 N–H and O–H groups in total. The van der Waals surface area contributed by atoms with Gasteiger partial charge in [-0.3, -0.25) is 14.5 Å². The fraction of sp³-hybridized carbons (Fsp3) is 0.0833. The van der Waals surface area contributed by atoms with Gasteiger partial charge in [0.1, 0.15) is 5.75 Å². The lowest BCUT2D eigenvalue weighted by molar-refractivity contribution is -0.122. The molecular weight excluding hydrogens is 426 g/mol. The molecule has 32 heavy (non-hydrogen) atoms. The molecule has 0 fully saturated rings. The zero-order chi connectivity index (χ0) is 22.6. The van der Waals surface area contributed by atoms with Crippen molar-refractivity contribution in [3.8, 4) is 5.75 Å². The van der Waals surface area contributed by atoms with Crippen LogP contribution in [0.25, 0.3) is 10.8 Å². The van der Waals surface area contributed by atoms with Crippen molar-refractivity contribution in [2.24, 2.45) is 0 Å². The average molecular weight is 448 g/mol. The van der Waals surface area contributed by atoms with E-state index in [1.807, 2.05) is 42.5 Å². The molecule has 162 valence electrons. The first-order chi connectivity index (χ1) is 15.4. The Hall–Kier alpha value is -3.91. The number of ether oxygens (including phenoxy) is 1. The van der Waals surface area contributed by atoms with Crippen molar-refractivity contribution >= 4 is 38.1 Å². The number of amides is 1. The summed E-state index contributed by atoms with van der Waals surface area (Å²) in [6, 6.07) is 22.6. The van der Waals surface area contributed by atoms with E-state index in [-0.39, 0.29) is 10.8 Å². The van der Waals surface area contributed by atoms with E-state index in [4.69, 9.17) is 4.74 Å². The van der Waals surface area contributed by atoms with E-state index in [0.717, 1.165) is 10.8 Å². The third-order valence-corrected chi connectivity index (χ3v) is 6.17. The smallest absolute Gasteiger partial charge is 0.265 e. The minimum absolute atomic E-state index is 0.0689. The fourth-order valence-corrected chi connectivity index (χ4v) is 4.18. The third-order valence-electron chi connectivity index (χ3n) is 4.77. The van der Waals surface area contributed by atoms with Crippen LogP contribution in [0.5, 0.6) is 5.75 Å². The minimum Gasteiger partial charge on any atom is -0.480 e. The van der Waals surface area contributed by atoms with Gasteiger partial charge in [0.05, 0.1) is 16.8 Å². The van der Waals surface area contributed by atoms with Gasteiger partial charge in [-0.15, -0.1) is 0 Å². The SMILES string of the molecule is CC(Oc1cccc2ccccc12)C(=O)Nc1ccc(S(=O)(=O)Nc2cccnc2)cc1. The second-order valence-electron chi connectivity index (χ2n) is 7.10. The Morgan fingerprint density at radius 3 is 2.41 bits per heavy atom. The highest BCUT2D eigenvalue weighted by Gasteiger charge is 2.18. The first-order valence-electron chi connectivity index (χ1n) is 9.90. The van der Waals surface area contributed by atoms with Crippen molar-refractivity contribution in [1.82, 2.24) is 4.98 Å². The topological polar surface area (TPSA) is 97.4 Å². The standard InChI is InChI=1S/C24H21N3O4S/c1-17(31-23-10-4-7-18-6-2-3-9-22(18)23)24(28)26-19-11-13-21(14-12-19)32(29,30)27-20-8-5-15-25-16-20/h2-17,27H,1H3,(H,26,28). The minimum atomic E-state index is -3.76. The van der Waals surface area contributed by atoms with Crippen molar-refractivity contribution in [2.45, 2.75) is 17.9 Å². The van der Waals surface area contributed by atoms with E-state index in [9.17, 15) is 13.2 Å². The van der Waals surface area contributed by atoms with E-state index in [1.54, 1.807) is 25.3 Å². The summed E-state index contributed by atoms with van der Waals surface area (Å²) in [6.45, 7) is 1.66. The summed E-state index contributed by atoms with van der Waals surface area (Å²) in [5.74, 6) is 0.274. The van der Waals surface area contributed by atoms with Crippen molar-refractivity contribution in [1.29, 1.82) is 0 Å². The molecule has 0 saturated heterocycles. The van der Waals surface area contributed by atoms with Crippen LogP contribution in [0.2, 0.25) is 0 Å². The molecule has 0 spiro atoms. The molecule has 3 aromatic carbocycles. The summed E-state index contributed by atoms with van der Waals surface area (Å²) < 4.78 is 33.4. The molecule has 0 saturated carbocycles. The van der Waals surface area contributed by atoms with Crippen molar-refractivity contribution in [2.75, 3.05) is 10.0 Å². The van der Waals surface area contributed by atoms with Gasteiger partial charge in [0.15, 0.2) is 6.10 Å². The molecular formula is C24H21N3O4S. The number of nitrogens with zero attached hydrogens (tertiary/aromatic N) is 1. The molecule has 0 bridgehead atoms. The quantitative estimate of drug-likeness (QED) is 0.436. The normalized spacial score (nSPS) is 12.2. The highest BCUT2D eigenvalue weighted by atomic mass is 32.2. The van der Waals surface area contributed by atoms with Gasteiger partial charge in [-0.2, -0.15) is 0 Å². The van der Waals surface area contributed by atoms with Crippen LogP contribution in [0.15, 0.2) is 96.2 Å². The average Bonchev–Trinajstić information content (AvgIpc) is 2.80. The van der Waals surface area contributed by atoms with Gasteiger partial charge >= 0.3 is 0 Å². The first kappa shape index (κ1) is 21.3. The lowest BCUT2D eigenvalue weighted by Crippen LogP contribution is -2.30. The molecule has 0 radical (unpaired) electrons. The van der Waals surface area contributed by atoms with Gasteiger partial charge in [-0.05, 0) is 54.8 Å². The Kier molecular flexibility index (Phi) is 6.04. The van der Waals surface area contributed by atoms with Crippen molar-refractivity contribution in [3.63, 3.8) is 0 Å². The van der Waals surface area contributed by atoms with Gasteiger partial charge < -0.3 is 10.1 Å². The Balaban J connectivity index is 1.42. The van der Waals surface area contributed by atoms with Crippen LogP contribution in [0, 0.1) is 0 Å². The van der Waals surface area contributed by atoms with Crippen LogP contribution in [0.1, 0.15) is 6.92 Å². The molecule has 1 aromatic heterocycles. The number of hydrogen-bond acceptors (Lipinski definition) is 5. The molecule has 8 heteroatoms. The van der Waals surface area contributed by atoms with Gasteiger partial charge in [0.2, 0.25) is 0 Å². The molecule has 1 amide bonds. The largest absolute Gasteiger partial charge is 0.480 e. The number of carbonyl (C=O) groups is 1. The summed E-state index contributed by atoms with van der Waals surface area (Å²) in [6.07, 6.45) is 2.22. The second kappa shape index (κ2) is 9.07. The summed E-state index contributed by atoms with van der Waals surface area (Å²) in [4.78, 5) is 16.6. The number of anilines is 2. The maximum atomic E-state index is 12.6. The van der Waals surface area contributed by atoms with Crippen LogP contribution < -0.4 is 14.8 Å². The van der Waals surface area contributed by atoms with E-state index in [1.165, 1.54) is 30.5 Å². The van der Waals surface area contributed by atoms with Crippen LogP contribution in [0.3, 0.4) is 0 Å². The highest BCUT2D eigenvalue weighted by molar-refractivity contribution is 7.92. The van der Waals surface area contributed by atoms with Crippen molar-refractivity contribution < 1.29 is 17.9 Å². The van der Waals surface area contributed by atoms with Crippen molar-refractivity contribution in [3.05, 3.63) is 91.3 Å². The van der Waals surface area contributed by atoms with Gasteiger partial charge in [-0.25, -0.2) is 8.42 Å². The predicted molar refractivity (Wildman–Crippen MR) is 124 cm³/mol. The molecule has 0 aliphatic rings. The summed E-state index contributed by atoms with van der Waals surface area (Å²) in [7, 11) is -3.76. The molecule has 1 unspecified atom stereocenters. The lowest BCUT2D eigenvalue weighted by atomic mass is 10.1. The number of benzene rings is 3. The van der Waals surface area contributed by atoms with Crippen LogP contribution >= 0.6 is 0 Å². The van der Waals surface area contributed by atoms with E-state index in [2.05, 4.69) is 15.0 Å². The van der Waals surface area contributed by atoms with E-state index >= 15 is 0 Å². The predicted octanol–water partition coefficient (Wildman–Crippen LogP) is 4.44. The number of hydrogen-bond donors (Lipinski definition) is 2. The van der Waals surface area contributed by atoms with Crippen LogP contribution in [-0.4, -0.2) is 25.4 Å². The Labute approximate surface area is 186 Å². The maximum Gasteiger partial charge on any atom is 0.265 e. The number of nitrogens with one attached hydrogen (secondary N) is 2. The van der Waals surface area contributed by atoms with Gasteiger partial charge in [-0.1, -0.05) is 36.4 Å². The van der Waals surface area contributed by atoms with Gasteiger partial charge in [0, 0.05) is 17.3 Å². The first-order valence-corrected chi connectivity index (χ1v) is 11.4. The second-order valence-corrected chi connectivity index (χ2v) is 8.78. The number of carbonyl (C=O) groups excluding carboxylic acids is 1. The van der Waals surface area contributed by atoms with Gasteiger partial charge in [0.25, 0.3) is 15.9 Å². The molecule has 4 rings (SSSR count). The van der Waals surface area contributed by atoms with Crippen LogP contribution in [0.4, 0.5) is 11.4 Å². The number of fused-ring (bicyclic) bond motifs is 1. The van der Waals surface area contributed by atoms with E-state index in [0.29, 0.717) is 17.1 Å². The summed E-state index contributed by atoms with van der Waals surface area (Å²) >= 11 is 0. The fourth-order valence-electron chi connectivity index (χ4n) is 3.14. The summed E-state index contributed by atoms with van der Waals surface area (Å²) in [5, 5.41) is 4.69. The third kappa shape index (κ3) is 4.87. The maximum absolute atomic E-state index is 12.6. The van der Waals surface area contributed by atoms with Crippen LogP contribution in [-0.2, 0) is 14.8 Å². The number of pyridine rings is 1. The molecule has 4 aromatic rings. The molecule has 7 nitrogen and oxygen atoms in total. The molecule has 0 aliphatic heterocycles.